The molecule has 0 saturated heterocycles. The highest BCUT2D eigenvalue weighted by molar-refractivity contribution is 6.30. The Bertz CT molecular complexity index is 398. The maximum Gasteiger partial charge on any atom is 0.122 e. The van der Waals surface area contributed by atoms with Crippen LogP contribution in [0.3, 0.4) is 0 Å². The first-order valence-electron chi connectivity index (χ1n) is 7.19. The normalized spacial score (nSPS) is 14.1. The summed E-state index contributed by atoms with van der Waals surface area (Å²) >= 11 is 6.09. The van der Waals surface area contributed by atoms with Gasteiger partial charge in [0, 0.05) is 18.2 Å². The molecule has 0 bridgehead atoms. The second-order valence-electron chi connectivity index (χ2n) is 5.04. The van der Waals surface area contributed by atoms with Crippen LogP contribution in [-0.4, -0.2) is 32.9 Å². The summed E-state index contributed by atoms with van der Waals surface area (Å²) in [5.41, 5.74) is 1.15. The van der Waals surface area contributed by atoms with Crippen LogP contribution in [0.4, 0.5) is 0 Å². The fourth-order valence-corrected chi connectivity index (χ4v) is 2.49. The smallest absolute Gasteiger partial charge is 0.122 e. The molecule has 114 valence electrons. The van der Waals surface area contributed by atoms with E-state index in [4.69, 9.17) is 21.1 Å². The van der Waals surface area contributed by atoms with Gasteiger partial charge in [0.25, 0.3) is 0 Å². The first-order valence-corrected chi connectivity index (χ1v) is 7.57. The first-order chi connectivity index (χ1) is 9.60. The number of halogens is 1. The summed E-state index contributed by atoms with van der Waals surface area (Å²) in [4.78, 5) is 0. The summed E-state index contributed by atoms with van der Waals surface area (Å²) in [5, 5.41) is 4.28. The topological polar surface area (TPSA) is 30.5 Å². The van der Waals surface area contributed by atoms with Crippen molar-refractivity contribution in [2.24, 2.45) is 0 Å². The van der Waals surface area contributed by atoms with E-state index in [1.807, 2.05) is 18.2 Å². The second-order valence-corrected chi connectivity index (χ2v) is 5.47. The van der Waals surface area contributed by atoms with Gasteiger partial charge in [0.1, 0.15) is 5.75 Å². The third-order valence-corrected chi connectivity index (χ3v) is 3.76. The third kappa shape index (κ3) is 5.70. The molecule has 3 nitrogen and oxygen atoms in total. The van der Waals surface area contributed by atoms with Crippen LogP contribution >= 0.6 is 11.6 Å². The van der Waals surface area contributed by atoms with Gasteiger partial charge < -0.3 is 14.8 Å². The Morgan fingerprint density at radius 1 is 1.25 bits per heavy atom. The molecule has 1 aromatic carbocycles. The van der Waals surface area contributed by atoms with E-state index in [0.717, 1.165) is 42.1 Å². The van der Waals surface area contributed by atoms with Crippen LogP contribution < -0.4 is 10.1 Å². The van der Waals surface area contributed by atoms with Crippen molar-refractivity contribution >= 4 is 11.6 Å². The number of methoxy groups -OCH3 is 2. The minimum absolute atomic E-state index is 0.289. The molecule has 0 aliphatic rings. The molecule has 0 radical (unpaired) electrons. The minimum Gasteiger partial charge on any atom is -0.496 e. The molecular formula is C16H26ClNO2. The number of ether oxygens (including phenoxy) is 2. The van der Waals surface area contributed by atoms with Gasteiger partial charge >= 0.3 is 0 Å². The van der Waals surface area contributed by atoms with Gasteiger partial charge in [-0.3, -0.25) is 0 Å². The number of nitrogens with one attached hydrogen (secondary N) is 1. The molecule has 0 amide bonds. The van der Waals surface area contributed by atoms with Gasteiger partial charge in [-0.25, -0.2) is 0 Å². The standard InChI is InChI=1S/C16H26ClNO2/c1-5-18-15(8-6-12(2)19-3)11-13-10-14(17)7-9-16(13)20-4/h7,9-10,12,15,18H,5-6,8,11H2,1-4H3. The summed E-state index contributed by atoms with van der Waals surface area (Å²) in [6, 6.07) is 6.19. The summed E-state index contributed by atoms with van der Waals surface area (Å²) in [6.45, 7) is 5.18. The van der Waals surface area contributed by atoms with Gasteiger partial charge in [-0.15, -0.1) is 0 Å². The van der Waals surface area contributed by atoms with Crippen molar-refractivity contribution < 1.29 is 9.47 Å². The van der Waals surface area contributed by atoms with E-state index in [9.17, 15) is 0 Å². The Balaban J connectivity index is 2.71. The van der Waals surface area contributed by atoms with Gasteiger partial charge in [-0.05, 0) is 56.5 Å². The Morgan fingerprint density at radius 2 is 2.00 bits per heavy atom. The van der Waals surface area contributed by atoms with Gasteiger partial charge in [0.15, 0.2) is 0 Å². The maximum atomic E-state index is 6.09. The molecule has 0 aliphatic carbocycles. The zero-order valence-electron chi connectivity index (χ0n) is 12.9. The van der Waals surface area contributed by atoms with E-state index in [1.54, 1.807) is 14.2 Å². The fourth-order valence-electron chi connectivity index (χ4n) is 2.29. The molecule has 1 rings (SSSR count). The quantitative estimate of drug-likeness (QED) is 0.754. The zero-order valence-corrected chi connectivity index (χ0v) is 13.7. The average molecular weight is 300 g/mol. The van der Waals surface area contributed by atoms with Crippen molar-refractivity contribution in [2.45, 2.75) is 45.3 Å². The largest absolute Gasteiger partial charge is 0.496 e. The molecular weight excluding hydrogens is 274 g/mol. The van der Waals surface area contributed by atoms with Crippen LogP contribution in [-0.2, 0) is 11.2 Å². The highest BCUT2D eigenvalue weighted by Gasteiger charge is 2.14. The average Bonchev–Trinajstić information content (AvgIpc) is 2.45. The van der Waals surface area contributed by atoms with Crippen LogP contribution in [0.5, 0.6) is 5.75 Å². The van der Waals surface area contributed by atoms with Crippen LogP contribution in [0.15, 0.2) is 18.2 Å². The van der Waals surface area contributed by atoms with E-state index >= 15 is 0 Å². The molecule has 0 fully saturated rings. The Kier molecular flexibility index (Phi) is 7.97. The van der Waals surface area contributed by atoms with E-state index in [-0.39, 0.29) is 6.10 Å². The van der Waals surface area contributed by atoms with Crippen LogP contribution in [0.25, 0.3) is 0 Å². The van der Waals surface area contributed by atoms with E-state index < -0.39 is 0 Å². The highest BCUT2D eigenvalue weighted by atomic mass is 35.5. The lowest BCUT2D eigenvalue weighted by Gasteiger charge is -2.21. The molecule has 0 spiro atoms. The monoisotopic (exact) mass is 299 g/mol. The molecule has 1 N–H and O–H groups in total. The number of hydrogen-bond donors (Lipinski definition) is 1. The van der Waals surface area contributed by atoms with Gasteiger partial charge in [-0.2, -0.15) is 0 Å². The summed E-state index contributed by atoms with van der Waals surface area (Å²) in [7, 11) is 3.45. The lowest BCUT2D eigenvalue weighted by molar-refractivity contribution is 0.106. The Hall–Kier alpha value is -0.770. The SMILES string of the molecule is CCNC(CCC(C)OC)Cc1cc(Cl)ccc1OC. The van der Waals surface area contributed by atoms with Crippen molar-refractivity contribution in [2.75, 3.05) is 20.8 Å². The molecule has 2 unspecified atom stereocenters. The minimum atomic E-state index is 0.289. The van der Waals surface area contributed by atoms with Crippen molar-refractivity contribution in [3.63, 3.8) is 0 Å². The van der Waals surface area contributed by atoms with Crippen molar-refractivity contribution in [3.8, 4) is 5.75 Å². The Morgan fingerprint density at radius 3 is 2.60 bits per heavy atom. The van der Waals surface area contributed by atoms with Gasteiger partial charge in [0.2, 0.25) is 0 Å². The van der Waals surface area contributed by atoms with Gasteiger partial charge in [-0.1, -0.05) is 18.5 Å². The maximum absolute atomic E-state index is 6.09. The number of rotatable bonds is 9. The van der Waals surface area contributed by atoms with Crippen LogP contribution in [0.1, 0.15) is 32.3 Å². The molecule has 0 aliphatic heterocycles. The van der Waals surface area contributed by atoms with Crippen molar-refractivity contribution in [1.29, 1.82) is 0 Å². The zero-order chi connectivity index (χ0) is 15.0. The molecule has 20 heavy (non-hydrogen) atoms. The summed E-state index contributed by atoms with van der Waals surface area (Å²) < 4.78 is 10.7. The third-order valence-electron chi connectivity index (χ3n) is 3.53. The Labute approximate surface area is 127 Å². The predicted molar refractivity (Wildman–Crippen MR) is 84.9 cm³/mol. The van der Waals surface area contributed by atoms with Gasteiger partial charge in [0.05, 0.1) is 13.2 Å². The van der Waals surface area contributed by atoms with Crippen LogP contribution in [0.2, 0.25) is 5.02 Å². The molecule has 0 heterocycles. The molecule has 1 aromatic rings. The van der Waals surface area contributed by atoms with Crippen molar-refractivity contribution in [1.82, 2.24) is 5.32 Å². The van der Waals surface area contributed by atoms with E-state index in [2.05, 4.69) is 19.2 Å². The molecule has 0 saturated carbocycles. The van der Waals surface area contributed by atoms with E-state index in [1.165, 1.54) is 0 Å². The molecule has 2 atom stereocenters. The molecule has 4 heteroatoms. The number of likely N-dealkylation sites (N-methyl/N-ethyl adjacent to an activating group) is 1. The predicted octanol–water partition coefficient (Wildman–Crippen LogP) is 3.68. The van der Waals surface area contributed by atoms with Crippen molar-refractivity contribution in [3.05, 3.63) is 28.8 Å². The van der Waals surface area contributed by atoms with Crippen LogP contribution in [0, 0.1) is 0 Å². The lowest BCUT2D eigenvalue weighted by Crippen LogP contribution is -2.32. The number of benzene rings is 1. The van der Waals surface area contributed by atoms with E-state index in [0.29, 0.717) is 6.04 Å². The fraction of sp³-hybridized carbons (Fsp3) is 0.625. The first kappa shape index (κ1) is 17.3. The molecule has 0 aromatic heterocycles. The highest BCUT2D eigenvalue weighted by Crippen LogP contribution is 2.24. The summed E-state index contributed by atoms with van der Waals surface area (Å²) in [5.74, 6) is 0.900. The second kappa shape index (κ2) is 9.22. The lowest BCUT2D eigenvalue weighted by atomic mass is 9.99. The number of hydrogen-bond acceptors (Lipinski definition) is 3. The summed E-state index contributed by atoms with van der Waals surface area (Å²) in [6.07, 6.45) is 3.31.